The molecule has 3 nitrogen and oxygen atoms in total. The van der Waals surface area contributed by atoms with Crippen molar-refractivity contribution >= 4 is 5.69 Å². The van der Waals surface area contributed by atoms with E-state index < -0.39 is 0 Å². The van der Waals surface area contributed by atoms with Crippen molar-refractivity contribution in [3.63, 3.8) is 0 Å². The summed E-state index contributed by atoms with van der Waals surface area (Å²) in [6.07, 6.45) is 0.826. The highest BCUT2D eigenvalue weighted by atomic mass is 16.3. The van der Waals surface area contributed by atoms with E-state index in [2.05, 4.69) is 0 Å². The van der Waals surface area contributed by atoms with Crippen molar-refractivity contribution in [3.8, 4) is 0 Å². The molecule has 0 aliphatic carbocycles. The molecular weight excluding hydrogens is 140 g/mol. The first kappa shape index (κ1) is 7.72. The molecule has 0 aliphatic rings. The van der Waals surface area contributed by atoms with Gasteiger partial charge in [-0.1, -0.05) is 25.1 Å². The summed E-state index contributed by atoms with van der Waals surface area (Å²) in [6, 6.07) is 7.30. The zero-order chi connectivity index (χ0) is 8.27. The van der Waals surface area contributed by atoms with Gasteiger partial charge in [-0.15, -0.1) is 0 Å². The van der Waals surface area contributed by atoms with Gasteiger partial charge in [0.2, 0.25) is 0 Å². The molecule has 0 radical (unpaired) electrons. The maximum absolute atomic E-state index is 10.7. The minimum absolute atomic E-state index is 0.402. The van der Waals surface area contributed by atoms with Crippen LogP contribution in [-0.2, 0) is 6.42 Å². The van der Waals surface area contributed by atoms with Crippen LogP contribution in [-0.4, -0.2) is 4.87 Å². The summed E-state index contributed by atoms with van der Waals surface area (Å²) in [5.41, 5.74) is 1.53. The summed E-state index contributed by atoms with van der Waals surface area (Å²) in [5.74, 6) is 5.07. The zero-order valence-corrected chi connectivity index (χ0v) is 6.45. The molecule has 0 heterocycles. The molecule has 1 rings (SSSR count). The lowest BCUT2D eigenvalue weighted by Crippen LogP contribution is -2.10. The highest BCUT2D eigenvalue weighted by molar-refractivity contribution is 5.39. The Balaban J connectivity index is 3.12. The molecule has 0 atom stereocenters. The van der Waals surface area contributed by atoms with E-state index in [1.807, 2.05) is 19.1 Å². The van der Waals surface area contributed by atoms with Crippen LogP contribution in [0.1, 0.15) is 12.5 Å². The Kier molecular flexibility index (Phi) is 2.21. The molecule has 0 fully saturated rings. The fourth-order valence-electron chi connectivity index (χ4n) is 1.02. The van der Waals surface area contributed by atoms with Gasteiger partial charge in [0.25, 0.3) is 5.69 Å². The molecule has 0 saturated carbocycles. The highest BCUT2D eigenvalue weighted by Gasteiger charge is 2.12. The molecule has 0 bridgehead atoms. The number of aryl methyl sites for hydroxylation is 1. The van der Waals surface area contributed by atoms with Crippen LogP contribution in [0.25, 0.3) is 0 Å². The number of nitroso groups, excluding NO2 is 1. The molecule has 1 aromatic rings. The van der Waals surface area contributed by atoms with Gasteiger partial charge < -0.3 is 0 Å². The third-order valence-corrected chi connectivity index (χ3v) is 1.61. The standard InChI is InChI=1S/C8H11N2O/c1-2-7-5-3-4-6-8(7)10(9)11/h3-6H,2H2,1H3,(H2,9,11)/q+1. The first-order valence-corrected chi connectivity index (χ1v) is 3.55. The van der Waals surface area contributed by atoms with Gasteiger partial charge in [-0.2, -0.15) is 5.84 Å². The quantitative estimate of drug-likeness (QED) is 0.396. The number of hydrazine groups is 1. The molecular formula is C8H11N2O+. The maximum Gasteiger partial charge on any atom is 0.294 e. The molecule has 0 unspecified atom stereocenters. The predicted molar refractivity (Wildman–Crippen MR) is 43.3 cm³/mol. The number of hydrogen-bond donors (Lipinski definition) is 1. The van der Waals surface area contributed by atoms with Crippen molar-refractivity contribution in [1.29, 1.82) is 0 Å². The van der Waals surface area contributed by atoms with E-state index in [0.717, 1.165) is 12.0 Å². The molecule has 0 aromatic heterocycles. The molecule has 0 saturated heterocycles. The molecule has 58 valence electrons. The molecule has 0 spiro atoms. The number of benzene rings is 1. The average Bonchev–Trinajstić information content (AvgIpc) is 2.04. The fourth-order valence-corrected chi connectivity index (χ4v) is 1.02. The zero-order valence-electron chi connectivity index (χ0n) is 6.45. The summed E-state index contributed by atoms with van der Waals surface area (Å²) >= 11 is 0. The predicted octanol–water partition coefficient (Wildman–Crippen LogP) is 1.53. The molecule has 1 aromatic carbocycles. The normalized spacial score (nSPS) is 9.55. The Morgan fingerprint density at radius 2 is 2.09 bits per heavy atom. The summed E-state index contributed by atoms with van der Waals surface area (Å²) in [6.45, 7) is 1.99. The fraction of sp³-hybridized carbons (Fsp3) is 0.250. The van der Waals surface area contributed by atoms with Gasteiger partial charge in [0.1, 0.15) is 0 Å². The Labute approximate surface area is 65.4 Å². The Hall–Kier alpha value is -1.38. The summed E-state index contributed by atoms with van der Waals surface area (Å²) in [5, 5.41) is 0. The van der Waals surface area contributed by atoms with Gasteiger partial charge in [-0.3, -0.25) is 0 Å². The summed E-state index contributed by atoms with van der Waals surface area (Å²) in [7, 11) is 0. The second-order valence-electron chi connectivity index (χ2n) is 2.31. The van der Waals surface area contributed by atoms with Crippen LogP contribution in [0.5, 0.6) is 0 Å². The van der Waals surface area contributed by atoms with E-state index in [1.165, 1.54) is 0 Å². The lowest BCUT2D eigenvalue weighted by atomic mass is 10.1. The Morgan fingerprint density at radius 1 is 1.45 bits per heavy atom. The third kappa shape index (κ3) is 1.55. The smallest absolute Gasteiger partial charge is 0.159 e. The van der Waals surface area contributed by atoms with Crippen molar-refractivity contribution in [2.45, 2.75) is 13.3 Å². The molecule has 0 aliphatic heterocycles. The monoisotopic (exact) mass is 151 g/mol. The van der Waals surface area contributed by atoms with Crippen LogP contribution in [0.2, 0.25) is 0 Å². The largest absolute Gasteiger partial charge is 0.294 e. The first-order chi connectivity index (χ1) is 5.25. The molecule has 11 heavy (non-hydrogen) atoms. The van der Waals surface area contributed by atoms with Crippen LogP contribution in [0, 0.1) is 4.91 Å². The third-order valence-electron chi connectivity index (χ3n) is 1.61. The highest BCUT2D eigenvalue weighted by Crippen LogP contribution is 2.15. The van der Waals surface area contributed by atoms with Crippen molar-refractivity contribution in [2.75, 3.05) is 0 Å². The van der Waals surface area contributed by atoms with E-state index in [-0.39, 0.29) is 0 Å². The van der Waals surface area contributed by atoms with E-state index >= 15 is 0 Å². The maximum atomic E-state index is 10.7. The molecule has 3 heteroatoms. The average molecular weight is 151 g/mol. The molecule has 2 N–H and O–H groups in total. The first-order valence-electron chi connectivity index (χ1n) is 3.55. The second-order valence-corrected chi connectivity index (χ2v) is 2.31. The van der Waals surface area contributed by atoms with E-state index in [4.69, 9.17) is 5.84 Å². The topological polar surface area (TPSA) is 46.1 Å². The van der Waals surface area contributed by atoms with Gasteiger partial charge >= 0.3 is 0 Å². The van der Waals surface area contributed by atoms with Crippen LogP contribution >= 0.6 is 0 Å². The summed E-state index contributed by atoms with van der Waals surface area (Å²) < 4.78 is 0. The van der Waals surface area contributed by atoms with Crippen molar-refractivity contribution < 1.29 is 4.87 Å². The minimum atomic E-state index is 0.402. The van der Waals surface area contributed by atoms with Gasteiger partial charge in [-0.25, -0.2) is 0 Å². The Bertz CT molecular complexity index is 271. The second kappa shape index (κ2) is 3.14. The van der Waals surface area contributed by atoms with Crippen molar-refractivity contribution in [3.05, 3.63) is 34.7 Å². The van der Waals surface area contributed by atoms with E-state index in [1.54, 1.807) is 12.1 Å². The van der Waals surface area contributed by atoms with Crippen LogP contribution < -0.4 is 5.84 Å². The summed E-state index contributed by atoms with van der Waals surface area (Å²) in [4.78, 5) is 11.1. The van der Waals surface area contributed by atoms with Crippen LogP contribution in [0.3, 0.4) is 0 Å². The van der Waals surface area contributed by atoms with Crippen molar-refractivity contribution in [1.82, 2.24) is 0 Å². The van der Waals surface area contributed by atoms with Crippen LogP contribution in [0.4, 0.5) is 5.69 Å². The van der Waals surface area contributed by atoms with Gasteiger partial charge in [0.05, 0.1) is 4.91 Å². The number of hydrogen-bond acceptors (Lipinski definition) is 1. The lowest BCUT2D eigenvalue weighted by molar-refractivity contribution is -0.475. The van der Waals surface area contributed by atoms with Crippen molar-refractivity contribution in [2.24, 2.45) is 5.84 Å². The minimum Gasteiger partial charge on any atom is -0.159 e. The number of nitrogens with zero attached hydrogens (tertiary/aromatic N) is 1. The SMILES string of the molecule is CCc1ccccc1[N+](N)=O. The Morgan fingerprint density at radius 3 is 2.55 bits per heavy atom. The van der Waals surface area contributed by atoms with Gasteiger partial charge in [0, 0.05) is 11.6 Å². The number of nitrogens with two attached hydrogens (primary N) is 1. The van der Waals surface area contributed by atoms with E-state index in [9.17, 15) is 4.91 Å². The van der Waals surface area contributed by atoms with E-state index in [0.29, 0.717) is 10.6 Å². The van der Waals surface area contributed by atoms with Gasteiger partial charge in [0.15, 0.2) is 4.87 Å². The van der Waals surface area contributed by atoms with Crippen LogP contribution in [0.15, 0.2) is 24.3 Å². The lowest BCUT2D eigenvalue weighted by Gasteiger charge is -1.93. The molecule has 0 amide bonds. The number of para-hydroxylation sites is 1. The van der Waals surface area contributed by atoms with Gasteiger partial charge in [-0.05, 0) is 6.42 Å². The number of rotatable bonds is 2.